The third-order valence-corrected chi connectivity index (χ3v) is 4.45. The van der Waals surface area contributed by atoms with Crippen molar-refractivity contribution in [3.8, 4) is 0 Å². The highest BCUT2D eigenvalue weighted by atomic mass is 19.1. The molecule has 0 heterocycles. The minimum atomic E-state index is -0.670. The second-order valence-corrected chi connectivity index (χ2v) is 6.49. The maximum absolute atomic E-state index is 13.2. The van der Waals surface area contributed by atoms with Crippen molar-refractivity contribution in [3.63, 3.8) is 0 Å². The van der Waals surface area contributed by atoms with Gasteiger partial charge in [0.15, 0.2) is 0 Å². The second kappa shape index (κ2) is 11.2. The van der Waals surface area contributed by atoms with Crippen LogP contribution in [0.15, 0.2) is 54.6 Å². The molecule has 0 saturated heterocycles. The van der Waals surface area contributed by atoms with E-state index in [0.717, 1.165) is 11.1 Å². The molecule has 0 unspecified atom stereocenters. The third kappa shape index (κ3) is 6.46. The minimum Gasteiger partial charge on any atom is -0.383 e. The van der Waals surface area contributed by atoms with Gasteiger partial charge >= 0.3 is 0 Å². The summed E-state index contributed by atoms with van der Waals surface area (Å²) < 4.78 is 18.2. The van der Waals surface area contributed by atoms with Gasteiger partial charge in [-0.15, -0.1) is 0 Å². The summed E-state index contributed by atoms with van der Waals surface area (Å²) in [6.07, 6.45) is 0.671. The van der Waals surface area contributed by atoms with E-state index < -0.39 is 6.04 Å². The Morgan fingerprint density at radius 2 is 1.75 bits per heavy atom. The molecule has 28 heavy (non-hydrogen) atoms. The maximum atomic E-state index is 13.2. The zero-order chi connectivity index (χ0) is 20.4. The topological polar surface area (TPSA) is 58.6 Å². The first-order valence-electron chi connectivity index (χ1n) is 9.39. The zero-order valence-electron chi connectivity index (χ0n) is 16.4. The molecule has 0 aliphatic heterocycles. The number of nitrogens with zero attached hydrogens (tertiary/aromatic N) is 1. The lowest BCUT2D eigenvalue weighted by molar-refractivity contribution is -0.141. The van der Waals surface area contributed by atoms with Crippen LogP contribution >= 0.6 is 0 Å². The lowest BCUT2D eigenvalue weighted by atomic mass is 10.0. The van der Waals surface area contributed by atoms with Gasteiger partial charge in [-0.1, -0.05) is 49.4 Å². The summed E-state index contributed by atoms with van der Waals surface area (Å²) >= 11 is 0. The Kier molecular flexibility index (Phi) is 8.62. The van der Waals surface area contributed by atoms with Gasteiger partial charge in [0.2, 0.25) is 11.8 Å². The van der Waals surface area contributed by atoms with Crippen molar-refractivity contribution < 1.29 is 18.7 Å². The normalized spacial score (nSPS) is 11.7. The van der Waals surface area contributed by atoms with Gasteiger partial charge in [0, 0.05) is 33.0 Å². The molecule has 2 aromatic rings. The van der Waals surface area contributed by atoms with Gasteiger partial charge < -0.3 is 15.0 Å². The Balaban J connectivity index is 2.28. The first-order chi connectivity index (χ1) is 13.5. The fourth-order valence-corrected chi connectivity index (χ4v) is 2.94. The van der Waals surface area contributed by atoms with Crippen LogP contribution < -0.4 is 5.32 Å². The fraction of sp³-hybridized carbons (Fsp3) is 0.364. The number of nitrogens with one attached hydrogen (secondary N) is 1. The van der Waals surface area contributed by atoms with E-state index in [1.807, 2.05) is 30.3 Å². The van der Waals surface area contributed by atoms with Crippen molar-refractivity contribution in [1.29, 1.82) is 0 Å². The molecule has 5 nitrogen and oxygen atoms in total. The molecule has 6 heteroatoms. The molecule has 0 fully saturated rings. The molecule has 0 radical (unpaired) electrons. The van der Waals surface area contributed by atoms with Gasteiger partial charge in [-0.25, -0.2) is 4.39 Å². The zero-order valence-corrected chi connectivity index (χ0v) is 16.4. The Morgan fingerprint density at radius 1 is 1.07 bits per heavy atom. The van der Waals surface area contributed by atoms with Crippen LogP contribution in [-0.2, 0) is 27.3 Å². The summed E-state index contributed by atoms with van der Waals surface area (Å²) in [5.74, 6) is -0.702. The van der Waals surface area contributed by atoms with Crippen LogP contribution in [0, 0.1) is 5.82 Å². The summed E-state index contributed by atoms with van der Waals surface area (Å²) in [6.45, 7) is 2.76. The van der Waals surface area contributed by atoms with Gasteiger partial charge in [-0.3, -0.25) is 9.59 Å². The van der Waals surface area contributed by atoms with Crippen LogP contribution in [0.4, 0.5) is 4.39 Å². The molecule has 0 spiro atoms. The number of hydrogen-bond acceptors (Lipinski definition) is 3. The summed E-state index contributed by atoms with van der Waals surface area (Å²) in [5, 5.41) is 2.84. The average Bonchev–Trinajstić information content (AvgIpc) is 2.72. The van der Waals surface area contributed by atoms with Crippen molar-refractivity contribution in [3.05, 3.63) is 71.5 Å². The second-order valence-electron chi connectivity index (χ2n) is 6.49. The molecule has 2 amide bonds. The lowest BCUT2D eigenvalue weighted by Crippen LogP contribution is -2.50. The smallest absolute Gasteiger partial charge is 0.243 e. The Morgan fingerprint density at radius 3 is 2.36 bits per heavy atom. The van der Waals surface area contributed by atoms with Crippen LogP contribution in [0.25, 0.3) is 0 Å². The number of amides is 2. The van der Waals surface area contributed by atoms with Crippen LogP contribution in [-0.4, -0.2) is 43.0 Å². The van der Waals surface area contributed by atoms with E-state index in [-0.39, 0.29) is 30.6 Å². The van der Waals surface area contributed by atoms with Crippen LogP contribution in [0.1, 0.15) is 24.5 Å². The summed E-state index contributed by atoms with van der Waals surface area (Å²) in [5.41, 5.74) is 1.73. The molecule has 2 rings (SSSR count). The molecule has 0 aromatic heterocycles. The quantitative estimate of drug-likeness (QED) is 0.639. The number of hydrogen-bond donors (Lipinski definition) is 1. The summed E-state index contributed by atoms with van der Waals surface area (Å²) in [7, 11) is 1.56. The number of methoxy groups -OCH3 is 1. The first-order valence-corrected chi connectivity index (χ1v) is 9.39. The van der Waals surface area contributed by atoms with E-state index in [0.29, 0.717) is 19.6 Å². The number of rotatable bonds is 10. The largest absolute Gasteiger partial charge is 0.383 e. The van der Waals surface area contributed by atoms with Gasteiger partial charge in [0.1, 0.15) is 11.9 Å². The van der Waals surface area contributed by atoms with Crippen LogP contribution in [0.5, 0.6) is 0 Å². The standard InChI is InChI=1S/C22H27FN2O3/c1-3-21(26)25(16-18-9-11-19(23)12-10-18)20(22(27)24-13-14-28-2)15-17-7-5-4-6-8-17/h4-12,20H,3,13-16H2,1-2H3,(H,24,27)/t20-/m1/s1. The molecule has 0 bridgehead atoms. The summed E-state index contributed by atoms with van der Waals surface area (Å²) in [4.78, 5) is 27.2. The van der Waals surface area contributed by atoms with E-state index in [1.165, 1.54) is 12.1 Å². The predicted molar refractivity (Wildman–Crippen MR) is 106 cm³/mol. The van der Waals surface area contributed by atoms with Gasteiger partial charge in [-0.2, -0.15) is 0 Å². The number of ether oxygens (including phenoxy) is 1. The molecule has 0 aliphatic rings. The maximum Gasteiger partial charge on any atom is 0.243 e. The molecule has 2 aromatic carbocycles. The van der Waals surface area contributed by atoms with Gasteiger partial charge in [0.05, 0.1) is 6.61 Å². The molecule has 1 atom stereocenters. The van der Waals surface area contributed by atoms with Crippen LogP contribution in [0.2, 0.25) is 0 Å². The number of halogens is 1. The minimum absolute atomic E-state index is 0.132. The number of benzene rings is 2. The van der Waals surface area contributed by atoms with Gasteiger partial charge in [-0.05, 0) is 23.3 Å². The Bertz CT molecular complexity index is 750. The van der Waals surface area contributed by atoms with E-state index in [4.69, 9.17) is 4.74 Å². The average molecular weight is 386 g/mol. The fourth-order valence-electron chi connectivity index (χ4n) is 2.94. The number of carbonyl (C=O) groups is 2. The van der Waals surface area contributed by atoms with Crippen molar-refractivity contribution in [1.82, 2.24) is 10.2 Å². The highest BCUT2D eigenvalue weighted by Crippen LogP contribution is 2.16. The first kappa shape index (κ1) is 21.6. The molecule has 0 saturated carbocycles. The van der Waals surface area contributed by atoms with E-state index in [2.05, 4.69) is 5.32 Å². The monoisotopic (exact) mass is 386 g/mol. The van der Waals surface area contributed by atoms with E-state index >= 15 is 0 Å². The van der Waals surface area contributed by atoms with Crippen molar-refractivity contribution in [2.45, 2.75) is 32.4 Å². The highest BCUT2D eigenvalue weighted by Gasteiger charge is 2.29. The summed E-state index contributed by atoms with van der Waals surface area (Å²) in [6, 6.07) is 14.9. The molecule has 1 N–H and O–H groups in total. The number of carbonyl (C=O) groups excluding carboxylic acids is 2. The predicted octanol–water partition coefficient (Wildman–Crippen LogP) is 2.94. The van der Waals surface area contributed by atoms with Crippen molar-refractivity contribution >= 4 is 11.8 Å². The van der Waals surface area contributed by atoms with Crippen molar-refractivity contribution in [2.75, 3.05) is 20.3 Å². The molecule has 150 valence electrons. The van der Waals surface area contributed by atoms with Gasteiger partial charge in [0.25, 0.3) is 0 Å². The molecule has 0 aliphatic carbocycles. The highest BCUT2D eigenvalue weighted by molar-refractivity contribution is 5.87. The molecular weight excluding hydrogens is 359 g/mol. The van der Waals surface area contributed by atoms with Crippen molar-refractivity contribution in [2.24, 2.45) is 0 Å². The van der Waals surface area contributed by atoms with E-state index in [1.54, 1.807) is 31.1 Å². The Labute approximate surface area is 165 Å². The SMILES string of the molecule is CCC(=O)N(Cc1ccc(F)cc1)[C@H](Cc1ccccc1)C(=O)NCCOC. The third-order valence-electron chi connectivity index (χ3n) is 4.45. The van der Waals surface area contributed by atoms with E-state index in [9.17, 15) is 14.0 Å². The lowest BCUT2D eigenvalue weighted by Gasteiger charge is -2.31. The Hall–Kier alpha value is -2.73. The molecular formula is C22H27FN2O3. The van der Waals surface area contributed by atoms with Crippen LogP contribution in [0.3, 0.4) is 0 Å².